The average Bonchev–Trinajstić information content (AvgIpc) is 2.94. The van der Waals surface area contributed by atoms with Gasteiger partial charge in [-0.05, 0) is 48.7 Å². The van der Waals surface area contributed by atoms with Crippen molar-refractivity contribution in [2.45, 2.75) is 37.8 Å². The first kappa shape index (κ1) is 27.2. The van der Waals surface area contributed by atoms with Crippen LogP contribution in [0.3, 0.4) is 0 Å². The van der Waals surface area contributed by atoms with E-state index in [0.717, 1.165) is 5.56 Å². The average molecular weight is 521 g/mol. The van der Waals surface area contributed by atoms with Gasteiger partial charge in [0.1, 0.15) is 0 Å². The van der Waals surface area contributed by atoms with Crippen LogP contribution < -0.4 is 11.1 Å². The van der Waals surface area contributed by atoms with E-state index in [1.165, 1.54) is 6.20 Å². The number of piperidine rings is 1. The van der Waals surface area contributed by atoms with Gasteiger partial charge in [-0.1, -0.05) is 48.5 Å². The first-order valence-electron chi connectivity index (χ1n) is 13.1. The van der Waals surface area contributed by atoms with Crippen molar-refractivity contribution in [1.29, 1.82) is 0 Å². The van der Waals surface area contributed by atoms with E-state index in [9.17, 15) is 14.4 Å². The Morgan fingerprint density at radius 1 is 1.08 bits per heavy atom. The highest BCUT2D eigenvalue weighted by Gasteiger charge is 2.45. The number of nitrogens with one attached hydrogen (secondary N) is 1. The fourth-order valence-corrected chi connectivity index (χ4v) is 5.36. The van der Waals surface area contributed by atoms with Crippen molar-refractivity contribution in [2.75, 3.05) is 40.0 Å². The standard InChI is InChI=1S/C29H36N4O5/c1-3-38-29(36)32-15-13-21(14-16-32)31-27(34)25-22-11-7-8-12-23(22)28(35)33(17-18-37-2)26(25)24(19-30)20-9-5-4-6-10-20/h4-12,19,21,25-26H,3,13-18,30H2,1-2H3,(H,31,34)/b24-19+. The summed E-state index contributed by atoms with van der Waals surface area (Å²) in [6.45, 7) is 3.74. The lowest BCUT2D eigenvalue weighted by Crippen LogP contribution is -2.55. The molecule has 9 nitrogen and oxygen atoms in total. The van der Waals surface area contributed by atoms with Crippen molar-refractivity contribution in [2.24, 2.45) is 5.73 Å². The number of rotatable bonds is 8. The summed E-state index contributed by atoms with van der Waals surface area (Å²) in [7, 11) is 1.58. The van der Waals surface area contributed by atoms with E-state index in [0.29, 0.717) is 62.4 Å². The lowest BCUT2D eigenvalue weighted by atomic mass is 9.77. The minimum Gasteiger partial charge on any atom is -0.450 e. The molecule has 0 spiro atoms. The molecule has 0 aliphatic carbocycles. The maximum Gasteiger partial charge on any atom is 0.409 e. The van der Waals surface area contributed by atoms with Gasteiger partial charge in [0.2, 0.25) is 5.91 Å². The third kappa shape index (κ3) is 5.67. The van der Waals surface area contributed by atoms with Crippen LogP contribution in [-0.4, -0.2) is 79.7 Å². The molecule has 38 heavy (non-hydrogen) atoms. The van der Waals surface area contributed by atoms with Crippen LogP contribution in [0.4, 0.5) is 4.79 Å². The maximum absolute atomic E-state index is 14.1. The molecule has 3 amide bonds. The van der Waals surface area contributed by atoms with Crippen LogP contribution in [0, 0.1) is 0 Å². The molecule has 202 valence electrons. The van der Waals surface area contributed by atoms with Crippen molar-refractivity contribution < 1.29 is 23.9 Å². The quantitative estimate of drug-likeness (QED) is 0.553. The molecule has 1 fully saturated rings. The highest BCUT2D eigenvalue weighted by atomic mass is 16.6. The van der Waals surface area contributed by atoms with Crippen molar-refractivity contribution in [3.05, 3.63) is 77.5 Å². The zero-order valence-corrected chi connectivity index (χ0v) is 22.0. The monoisotopic (exact) mass is 520 g/mol. The number of hydrogen-bond donors (Lipinski definition) is 2. The number of likely N-dealkylation sites (tertiary alicyclic amines) is 1. The minimum atomic E-state index is -0.682. The third-order valence-electron chi connectivity index (χ3n) is 7.23. The molecule has 1 saturated heterocycles. The van der Waals surface area contributed by atoms with Crippen LogP contribution in [-0.2, 0) is 14.3 Å². The molecule has 2 aliphatic rings. The van der Waals surface area contributed by atoms with E-state index in [4.69, 9.17) is 15.2 Å². The summed E-state index contributed by atoms with van der Waals surface area (Å²) in [6, 6.07) is 16.1. The number of carbonyl (C=O) groups excluding carboxylic acids is 3. The van der Waals surface area contributed by atoms with Gasteiger partial charge in [0.25, 0.3) is 5.91 Å². The molecule has 2 heterocycles. The zero-order chi connectivity index (χ0) is 27.1. The molecule has 0 bridgehead atoms. The summed E-state index contributed by atoms with van der Waals surface area (Å²) in [5.74, 6) is -1.02. The SMILES string of the molecule is CCOC(=O)N1CCC(NC(=O)C2c3ccccc3C(=O)N(CCOC)C2/C(=C/N)c2ccccc2)CC1. The predicted molar refractivity (Wildman–Crippen MR) is 144 cm³/mol. The summed E-state index contributed by atoms with van der Waals surface area (Å²) in [4.78, 5) is 43.3. The molecular formula is C29H36N4O5. The van der Waals surface area contributed by atoms with Crippen LogP contribution in [0.15, 0.2) is 60.8 Å². The summed E-state index contributed by atoms with van der Waals surface area (Å²) in [6.07, 6.45) is 2.41. The van der Waals surface area contributed by atoms with Crippen molar-refractivity contribution in [1.82, 2.24) is 15.1 Å². The lowest BCUT2D eigenvalue weighted by molar-refractivity contribution is -0.124. The topological polar surface area (TPSA) is 114 Å². The van der Waals surface area contributed by atoms with E-state index in [2.05, 4.69) is 5.32 Å². The van der Waals surface area contributed by atoms with E-state index >= 15 is 0 Å². The van der Waals surface area contributed by atoms with E-state index in [1.807, 2.05) is 48.5 Å². The Kier molecular flexibility index (Phi) is 9.02. The van der Waals surface area contributed by atoms with Crippen LogP contribution in [0.25, 0.3) is 5.57 Å². The number of methoxy groups -OCH3 is 1. The van der Waals surface area contributed by atoms with Gasteiger partial charge in [-0.25, -0.2) is 4.79 Å². The Morgan fingerprint density at radius 2 is 1.76 bits per heavy atom. The Labute approximate surface area is 223 Å². The summed E-state index contributed by atoms with van der Waals surface area (Å²) < 4.78 is 10.4. The second-order valence-electron chi connectivity index (χ2n) is 9.46. The smallest absolute Gasteiger partial charge is 0.409 e. The molecular weight excluding hydrogens is 484 g/mol. The van der Waals surface area contributed by atoms with Gasteiger partial charge in [0, 0.05) is 38.3 Å². The van der Waals surface area contributed by atoms with E-state index < -0.39 is 12.0 Å². The third-order valence-corrected chi connectivity index (χ3v) is 7.23. The fourth-order valence-electron chi connectivity index (χ4n) is 5.36. The number of nitrogens with zero attached hydrogens (tertiary/aromatic N) is 2. The van der Waals surface area contributed by atoms with Gasteiger partial charge in [0.05, 0.1) is 25.2 Å². The van der Waals surface area contributed by atoms with Crippen LogP contribution in [0.2, 0.25) is 0 Å². The van der Waals surface area contributed by atoms with Crippen molar-refractivity contribution >= 4 is 23.5 Å². The van der Waals surface area contributed by atoms with Gasteiger partial charge in [0.15, 0.2) is 0 Å². The molecule has 2 unspecified atom stereocenters. The highest BCUT2D eigenvalue weighted by Crippen LogP contribution is 2.40. The predicted octanol–water partition coefficient (Wildman–Crippen LogP) is 2.98. The molecule has 9 heteroatoms. The molecule has 0 aromatic heterocycles. The van der Waals surface area contributed by atoms with Gasteiger partial charge < -0.3 is 30.3 Å². The zero-order valence-electron chi connectivity index (χ0n) is 22.0. The lowest BCUT2D eigenvalue weighted by Gasteiger charge is -2.43. The Balaban J connectivity index is 1.67. The molecule has 0 radical (unpaired) electrons. The number of fused-ring (bicyclic) bond motifs is 1. The molecule has 3 N–H and O–H groups in total. The molecule has 2 atom stereocenters. The Bertz CT molecular complexity index is 1160. The van der Waals surface area contributed by atoms with Crippen molar-refractivity contribution in [3.63, 3.8) is 0 Å². The molecule has 0 saturated carbocycles. The Hall–Kier alpha value is -3.85. The van der Waals surface area contributed by atoms with Crippen LogP contribution in [0.5, 0.6) is 0 Å². The van der Waals surface area contributed by atoms with Crippen LogP contribution in [0.1, 0.15) is 47.2 Å². The number of amides is 3. The number of carbonyl (C=O) groups is 3. The largest absolute Gasteiger partial charge is 0.450 e. The number of hydrogen-bond acceptors (Lipinski definition) is 6. The number of nitrogens with two attached hydrogens (primary N) is 1. The van der Waals surface area contributed by atoms with Crippen molar-refractivity contribution in [3.8, 4) is 0 Å². The first-order valence-corrected chi connectivity index (χ1v) is 13.1. The minimum absolute atomic E-state index is 0.104. The van der Waals surface area contributed by atoms with E-state index in [-0.39, 0.29) is 23.9 Å². The summed E-state index contributed by atoms with van der Waals surface area (Å²) in [5, 5.41) is 3.22. The van der Waals surface area contributed by atoms with Gasteiger partial charge in [-0.3, -0.25) is 9.59 Å². The normalized spacial score (nSPS) is 20.2. The summed E-state index contributed by atoms with van der Waals surface area (Å²) >= 11 is 0. The molecule has 2 aromatic rings. The maximum atomic E-state index is 14.1. The summed E-state index contributed by atoms with van der Waals surface area (Å²) in [5.41, 5.74) is 8.91. The first-order chi connectivity index (χ1) is 18.5. The van der Waals surface area contributed by atoms with E-state index in [1.54, 1.807) is 29.9 Å². The Morgan fingerprint density at radius 3 is 2.42 bits per heavy atom. The molecule has 4 rings (SSSR count). The van der Waals surface area contributed by atoms with Gasteiger partial charge in [-0.2, -0.15) is 0 Å². The fraction of sp³-hybridized carbons (Fsp3) is 0.414. The number of benzene rings is 2. The molecule has 2 aliphatic heterocycles. The highest BCUT2D eigenvalue weighted by molar-refractivity contribution is 6.03. The van der Waals surface area contributed by atoms with Crippen LogP contribution >= 0.6 is 0 Å². The van der Waals surface area contributed by atoms with Gasteiger partial charge in [-0.15, -0.1) is 0 Å². The molecule has 2 aromatic carbocycles. The number of ether oxygens (including phenoxy) is 2. The second-order valence-corrected chi connectivity index (χ2v) is 9.46. The second kappa shape index (κ2) is 12.6. The van der Waals surface area contributed by atoms with Gasteiger partial charge >= 0.3 is 6.09 Å².